The highest BCUT2D eigenvalue weighted by Gasteiger charge is 2.48. The number of nitrogens with zero attached hydrogens (tertiary/aromatic N) is 1. The van der Waals surface area contributed by atoms with Crippen LogP contribution in [0.3, 0.4) is 0 Å². The Hall–Kier alpha value is -2.64. The van der Waals surface area contributed by atoms with E-state index in [9.17, 15) is 18.8 Å². The minimum Gasteiger partial charge on any atom is -0.490 e. The zero-order valence-electron chi connectivity index (χ0n) is 15.8. The molecule has 0 aromatic heterocycles. The van der Waals surface area contributed by atoms with Gasteiger partial charge in [0.25, 0.3) is 5.91 Å². The summed E-state index contributed by atoms with van der Waals surface area (Å²) < 4.78 is 23.1. The average molecular weight is 380 g/mol. The van der Waals surface area contributed by atoms with E-state index < -0.39 is 30.0 Å². The minimum atomic E-state index is -0.993. The van der Waals surface area contributed by atoms with E-state index >= 15 is 0 Å². The van der Waals surface area contributed by atoms with E-state index in [0.717, 1.165) is 11.3 Å². The molecule has 1 fully saturated rings. The second-order valence-corrected chi connectivity index (χ2v) is 7.11. The Labute approximate surface area is 157 Å². The molecule has 7 nitrogen and oxygen atoms in total. The van der Waals surface area contributed by atoms with E-state index in [2.05, 4.69) is 5.32 Å². The first-order valence-electron chi connectivity index (χ1n) is 8.89. The number of hydrogen-bond acceptors (Lipinski definition) is 5. The van der Waals surface area contributed by atoms with Gasteiger partial charge in [0.15, 0.2) is 0 Å². The lowest BCUT2D eigenvalue weighted by Gasteiger charge is -2.22. The SMILES string of the molecule is CC(C)CC[C@@]1(C)NC(=O)N(CC(=O)OCCOc2ccc(F)cc2)C1=O. The number of nitrogens with one attached hydrogen (secondary N) is 1. The van der Waals surface area contributed by atoms with E-state index in [-0.39, 0.29) is 19.0 Å². The molecule has 1 aliphatic heterocycles. The topological polar surface area (TPSA) is 84.9 Å². The van der Waals surface area contributed by atoms with Crippen molar-refractivity contribution in [3.8, 4) is 5.75 Å². The molecule has 0 bridgehead atoms. The molecule has 27 heavy (non-hydrogen) atoms. The fourth-order valence-electron chi connectivity index (χ4n) is 2.66. The Morgan fingerprint density at radius 3 is 2.52 bits per heavy atom. The number of ether oxygens (including phenoxy) is 2. The van der Waals surface area contributed by atoms with Crippen LogP contribution in [0.25, 0.3) is 0 Å². The van der Waals surface area contributed by atoms with Gasteiger partial charge >= 0.3 is 12.0 Å². The van der Waals surface area contributed by atoms with Gasteiger partial charge < -0.3 is 14.8 Å². The van der Waals surface area contributed by atoms with Crippen LogP contribution >= 0.6 is 0 Å². The molecule has 0 radical (unpaired) electrons. The number of esters is 1. The lowest BCUT2D eigenvalue weighted by atomic mass is 9.92. The Bertz CT molecular complexity index is 692. The van der Waals surface area contributed by atoms with E-state index in [1.807, 2.05) is 13.8 Å². The molecule has 1 aliphatic rings. The molecule has 0 aliphatic carbocycles. The molecule has 1 N–H and O–H groups in total. The highest BCUT2D eigenvalue weighted by molar-refractivity contribution is 6.08. The van der Waals surface area contributed by atoms with Crippen molar-refractivity contribution in [2.75, 3.05) is 19.8 Å². The van der Waals surface area contributed by atoms with Gasteiger partial charge in [-0.2, -0.15) is 0 Å². The van der Waals surface area contributed by atoms with Gasteiger partial charge in [0, 0.05) is 0 Å². The molecule has 3 amide bonds. The Kier molecular flexibility index (Phi) is 6.76. The van der Waals surface area contributed by atoms with E-state index in [1.165, 1.54) is 24.3 Å². The summed E-state index contributed by atoms with van der Waals surface area (Å²) in [6, 6.07) is 4.85. The van der Waals surface area contributed by atoms with Gasteiger partial charge in [-0.1, -0.05) is 13.8 Å². The maximum Gasteiger partial charge on any atom is 0.326 e. The number of urea groups is 1. The van der Waals surface area contributed by atoms with Crippen LogP contribution in [-0.4, -0.2) is 48.1 Å². The summed E-state index contributed by atoms with van der Waals surface area (Å²) in [5.74, 6) is -0.654. The molecular formula is C19H25FN2O5. The fourth-order valence-corrected chi connectivity index (χ4v) is 2.66. The lowest BCUT2D eigenvalue weighted by Crippen LogP contribution is -2.44. The van der Waals surface area contributed by atoms with Crippen molar-refractivity contribution in [2.24, 2.45) is 5.92 Å². The first-order chi connectivity index (χ1) is 12.7. The summed E-state index contributed by atoms with van der Waals surface area (Å²) in [4.78, 5) is 37.4. The molecule has 1 saturated heterocycles. The van der Waals surface area contributed by atoms with Crippen molar-refractivity contribution in [2.45, 2.75) is 39.2 Å². The molecule has 0 spiro atoms. The van der Waals surface area contributed by atoms with Gasteiger partial charge in [0.05, 0.1) is 0 Å². The molecule has 0 unspecified atom stereocenters. The molecule has 148 valence electrons. The van der Waals surface area contributed by atoms with Gasteiger partial charge in [-0.15, -0.1) is 0 Å². The van der Waals surface area contributed by atoms with E-state index in [1.54, 1.807) is 6.92 Å². The Morgan fingerprint density at radius 2 is 1.89 bits per heavy atom. The van der Waals surface area contributed by atoms with Gasteiger partial charge in [0.1, 0.15) is 36.9 Å². The Morgan fingerprint density at radius 1 is 1.22 bits per heavy atom. The van der Waals surface area contributed by atoms with Crippen molar-refractivity contribution in [3.05, 3.63) is 30.1 Å². The monoisotopic (exact) mass is 380 g/mol. The summed E-state index contributed by atoms with van der Waals surface area (Å²) in [5, 5.41) is 2.66. The van der Waals surface area contributed by atoms with Crippen LogP contribution in [0.1, 0.15) is 33.6 Å². The van der Waals surface area contributed by atoms with Crippen molar-refractivity contribution >= 4 is 17.9 Å². The zero-order chi connectivity index (χ0) is 20.0. The van der Waals surface area contributed by atoms with Gasteiger partial charge in [-0.3, -0.25) is 14.5 Å². The van der Waals surface area contributed by atoms with Crippen molar-refractivity contribution < 1.29 is 28.2 Å². The predicted octanol–water partition coefficient (Wildman–Crippen LogP) is 2.49. The normalized spacial score (nSPS) is 19.4. The molecule has 2 rings (SSSR count). The van der Waals surface area contributed by atoms with Crippen LogP contribution in [0.4, 0.5) is 9.18 Å². The number of rotatable bonds is 9. The van der Waals surface area contributed by atoms with Gasteiger partial charge in [-0.25, -0.2) is 9.18 Å². The number of hydrogen-bond donors (Lipinski definition) is 1. The van der Waals surface area contributed by atoms with E-state index in [0.29, 0.717) is 18.1 Å². The summed E-state index contributed by atoms with van der Waals surface area (Å²) >= 11 is 0. The molecule has 1 aromatic carbocycles. The number of halogens is 1. The quantitative estimate of drug-likeness (QED) is 0.404. The van der Waals surface area contributed by atoms with Crippen LogP contribution in [0.2, 0.25) is 0 Å². The standard InChI is InChI=1S/C19H25FN2O5/c1-13(2)8-9-19(3)17(24)22(18(25)21-19)12-16(23)27-11-10-26-15-6-4-14(20)5-7-15/h4-7,13H,8-12H2,1-3H3,(H,21,25)/t19-/m1/s1. The fraction of sp³-hybridized carbons (Fsp3) is 0.526. The third-order valence-electron chi connectivity index (χ3n) is 4.28. The number of carbonyl (C=O) groups is 3. The summed E-state index contributed by atoms with van der Waals surface area (Å²) in [5.41, 5.74) is -0.993. The third-order valence-corrected chi connectivity index (χ3v) is 4.28. The summed E-state index contributed by atoms with van der Waals surface area (Å²) in [7, 11) is 0. The second kappa shape index (κ2) is 8.83. The molecule has 8 heteroatoms. The van der Waals surface area contributed by atoms with Crippen LogP contribution < -0.4 is 10.1 Å². The van der Waals surface area contributed by atoms with Crippen LogP contribution in [-0.2, 0) is 14.3 Å². The average Bonchev–Trinajstić information content (AvgIpc) is 2.82. The second-order valence-electron chi connectivity index (χ2n) is 7.11. The molecule has 0 saturated carbocycles. The van der Waals surface area contributed by atoms with Crippen molar-refractivity contribution in [1.82, 2.24) is 10.2 Å². The molecular weight excluding hydrogens is 355 g/mol. The number of benzene rings is 1. The number of imide groups is 1. The number of amides is 3. The van der Waals surface area contributed by atoms with Crippen LogP contribution in [0.15, 0.2) is 24.3 Å². The summed E-state index contributed by atoms with van der Waals surface area (Å²) in [6.07, 6.45) is 1.29. The number of carbonyl (C=O) groups excluding carboxylic acids is 3. The highest BCUT2D eigenvalue weighted by atomic mass is 19.1. The first-order valence-corrected chi connectivity index (χ1v) is 8.89. The van der Waals surface area contributed by atoms with E-state index in [4.69, 9.17) is 9.47 Å². The first kappa shape index (κ1) is 20.7. The smallest absolute Gasteiger partial charge is 0.326 e. The largest absolute Gasteiger partial charge is 0.490 e. The predicted molar refractivity (Wildman–Crippen MR) is 95.6 cm³/mol. The minimum absolute atomic E-state index is 0.0511. The van der Waals surface area contributed by atoms with Gasteiger partial charge in [0.2, 0.25) is 0 Å². The van der Waals surface area contributed by atoms with Crippen molar-refractivity contribution in [3.63, 3.8) is 0 Å². The molecule has 1 heterocycles. The highest BCUT2D eigenvalue weighted by Crippen LogP contribution is 2.24. The zero-order valence-corrected chi connectivity index (χ0v) is 15.8. The molecule has 1 aromatic rings. The third kappa shape index (κ3) is 5.67. The Balaban J connectivity index is 1.76. The summed E-state index contributed by atoms with van der Waals surface area (Å²) in [6.45, 7) is 5.31. The van der Waals surface area contributed by atoms with Crippen LogP contribution in [0.5, 0.6) is 5.75 Å². The maximum absolute atomic E-state index is 12.8. The van der Waals surface area contributed by atoms with Gasteiger partial charge in [-0.05, 0) is 49.9 Å². The lowest BCUT2D eigenvalue weighted by molar-refractivity contribution is -0.148. The maximum atomic E-state index is 12.8. The van der Waals surface area contributed by atoms with Crippen LogP contribution in [0, 0.1) is 11.7 Å². The molecule has 1 atom stereocenters. The van der Waals surface area contributed by atoms with Crippen molar-refractivity contribution in [1.29, 1.82) is 0 Å².